The molecule has 4 rings (SSSR count). The number of carbonyl (C=O) groups is 1. The van der Waals surface area contributed by atoms with Crippen LogP contribution in [0.4, 0.5) is 0 Å². The minimum atomic E-state index is -0.545. The molecule has 2 aliphatic rings. The quantitative estimate of drug-likeness (QED) is 0.685. The summed E-state index contributed by atoms with van der Waals surface area (Å²) < 4.78 is 7.79. The number of hydrogen-bond donors (Lipinski definition) is 0. The molecule has 0 bridgehead atoms. The summed E-state index contributed by atoms with van der Waals surface area (Å²) in [5.74, 6) is -0.545. The minimum Gasteiger partial charge on any atom is -0.465 e. The van der Waals surface area contributed by atoms with E-state index in [1.54, 1.807) is 22.8 Å². The van der Waals surface area contributed by atoms with Gasteiger partial charge < -0.3 is 9.64 Å². The lowest BCUT2D eigenvalue weighted by Crippen LogP contribution is -2.43. The maximum absolute atomic E-state index is 13.2. The van der Waals surface area contributed by atoms with Crippen molar-refractivity contribution in [2.24, 2.45) is 0 Å². The lowest BCUT2D eigenvalue weighted by molar-refractivity contribution is -0.143. The van der Waals surface area contributed by atoms with Crippen LogP contribution in [0.25, 0.3) is 10.2 Å². The van der Waals surface area contributed by atoms with Crippen molar-refractivity contribution in [1.29, 1.82) is 0 Å². The molecule has 0 atom stereocenters. The number of rotatable bonds is 6. The van der Waals surface area contributed by atoms with Crippen molar-refractivity contribution < 1.29 is 9.53 Å². The van der Waals surface area contributed by atoms with Gasteiger partial charge >= 0.3 is 11.7 Å². The van der Waals surface area contributed by atoms with E-state index >= 15 is 0 Å². The summed E-state index contributed by atoms with van der Waals surface area (Å²) in [5.41, 5.74) is 0.344. The molecule has 8 heteroatoms. The van der Waals surface area contributed by atoms with Crippen molar-refractivity contribution in [3.05, 3.63) is 31.3 Å². The highest BCUT2D eigenvalue weighted by Crippen LogP contribution is 2.34. The van der Waals surface area contributed by atoms with E-state index in [4.69, 9.17) is 4.74 Å². The van der Waals surface area contributed by atoms with Gasteiger partial charge in [-0.1, -0.05) is 0 Å². The number of likely N-dealkylation sites (tertiary alicyclic amines) is 1. The number of carbonyl (C=O) groups excluding carboxylic acids is 1. The molecule has 2 aromatic rings. The predicted molar refractivity (Wildman–Crippen MR) is 109 cm³/mol. The van der Waals surface area contributed by atoms with Crippen molar-refractivity contribution in [1.82, 2.24) is 14.0 Å². The maximum Gasteiger partial charge on any atom is 0.332 e. The van der Waals surface area contributed by atoms with Gasteiger partial charge in [0.05, 0.1) is 12.0 Å². The van der Waals surface area contributed by atoms with Crippen molar-refractivity contribution in [2.75, 3.05) is 26.2 Å². The first-order valence-electron chi connectivity index (χ1n) is 10.3. The highest BCUT2D eigenvalue weighted by molar-refractivity contribution is 7.18. The molecular formula is C20H27N3O4S. The van der Waals surface area contributed by atoms with E-state index in [1.807, 2.05) is 0 Å². The van der Waals surface area contributed by atoms with Crippen LogP contribution in [0.1, 0.15) is 43.0 Å². The Bertz CT molecular complexity index is 998. The summed E-state index contributed by atoms with van der Waals surface area (Å²) in [7, 11) is 0. The van der Waals surface area contributed by atoms with Gasteiger partial charge in [0.25, 0.3) is 5.56 Å². The van der Waals surface area contributed by atoms with Crippen molar-refractivity contribution >= 4 is 27.5 Å². The molecule has 1 saturated heterocycles. The van der Waals surface area contributed by atoms with Crippen molar-refractivity contribution in [2.45, 2.75) is 58.5 Å². The van der Waals surface area contributed by atoms with E-state index in [1.165, 1.54) is 17.7 Å². The molecule has 3 heterocycles. The molecule has 0 spiro atoms. The van der Waals surface area contributed by atoms with Gasteiger partial charge in [0, 0.05) is 18.0 Å². The molecule has 1 fully saturated rings. The molecule has 28 heavy (non-hydrogen) atoms. The Morgan fingerprint density at radius 3 is 2.54 bits per heavy atom. The Hall–Kier alpha value is -1.93. The summed E-state index contributed by atoms with van der Waals surface area (Å²) in [6, 6.07) is 0. The molecule has 0 unspecified atom stereocenters. The number of ether oxygens (including phenoxy) is 1. The Balaban J connectivity index is 1.82. The summed E-state index contributed by atoms with van der Waals surface area (Å²) >= 11 is 1.59. The molecule has 0 amide bonds. The van der Waals surface area contributed by atoms with Crippen LogP contribution in [0.2, 0.25) is 0 Å². The first kappa shape index (κ1) is 19.4. The van der Waals surface area contributed by atoms with Gasteiger partial charge in [-0.3, -0.25) is 14.2 Å². The van der Waals surface area contributed by atoms with Crippen molar-refractivity contribution in [3.8, 4) is 0 Å². The van der Waals surface area contributed by atoms with Crippen LogP contribution < -0.4 is 11.2 Å². The van der Waals surface area contributed by atoms with Crippen LogP contribution in [0.15, 0.2) is 9.59 Å². The van der Waals surface area contributed by atoms with Gasteiger partial charge in [-0.2, -0.15) is 0 Å². The van der Waals surface area contributed by atoms with E-state index in [0.29, 0.717) is 11.9 Å². The van der Waals surface area contributed by atoms with E-state index in [9.17, 15) is 14.4 Å². The van der Waals surface area contributed by atoms with Gasteiger partial charge in [0.1, 0.15) is 11.4 Å². The Morgan fingerprint density at radius 1 is 1.04 bits per heavy atom. The summed E-state index contributed by atoms with van der Waals surface area (Å²) in [6.07, 6.45) is 6.40. The number of aryl methyl sites for hydroxylation is 2. The second kappa shape index (κ2) is 8.21. The normalized spacial score (nSPS) is 17.2. The molecular weight excluding hydrogens is 378 g/mol. The van der Waals surface area contributed by atoms with Gasteiger partial charge in [0.15, 0.2) is 0 Å². The zero-order valence-corrected chi connectivity index (χ0v) is 17.2. The summed E-state index contributed by atoms with van der Waals surface area (Å²) in [4.78, 5) is 42.7. The third kappa shape index (κ3) is 3.55. The van der Waals surface area contributed by atoms with Gasteiger partial charge in [-0.15, -0.1) is 11.3 Å². The number of esters is 1. The van der Waals surface area contributed by atoms with Crippen LogP contribution in [0, 0.1) is 0 Å². The molecule has 7 nitrogen and oxygen atoms in total. The van der Waals surface area contributed by atoms with E-state index < -0.39 is 11.7 Å². The smallest absolute Gasteiger partial charge is 0.332 e. The van der Waals surface area contributed by atoms with Crippen LogP contribution in [0.5, 0.6) is 0 Å². The minimum absolute atomic E-state index is 0.229. The van der Waals surface area contributed by atoms with Gasteiger partial charge in [-0.05, 0) is 64.1 Å². The zero-order chi connectivity index (χ0) is 19.7. The Labute approximate surface area is 167 Å². The van der Waals surface area contributed by atoms with Crippen LogP contribution in [-0.4, -0.2) is 46.2 Å². The molecule has 1 aliphatic heterocycles. The fraction of sp³-hybridized carbons (Fsp3) is 0.650. The largest absolute Gasteiger partial charge is 0.465 e. The standard InChI is InChI=1S/C20H27N3O4S/c1-2-27-16(24)13-23-18(25)17-14-7-3-4-8-15(14)28-19(17)22(20(23)26)12-11-21-9-5-6-10-21/h2-13H2,1H3. The molecule has 0 N–H and O–H groups in total. The molecule has 0 aromatic carbocycles. The van der Waals surface area contributed by atoms with E-state index in [0.717, 1.165) is 60.3 Å². The lowest BCUT2D eigenvalue weighted by Gasteiger charge is -2.17. The molecule has 0 radical (unpaired) electrons. The SMILES string of the molecule is CCOC(=O)Cn1c(=O)c2c3c(sc2n(CCN2CCCC2)c1=O)CCCC3. The third-order valence-corrected chi connectivity index (χ3v) is 7.06. The molecule has 1 aliphatic carbocycles. The highest BCUT2D eigenvalue weighted by Gasteiger charge is 2.25. The third-order valence-electron chi connectivity index (χ3n) is 5.75. The zero-order valence-electron chi connectivity index (χ0n) is 16.4. The van der Waals surface area contributed by atoms with E-state index in [2.05, 4.69) is 4.90 Å². The maximum atomic E-state index is 13.2. The van der Waals surface area contributed by atoms with Gasteiger partial charge in [0.2, 0.25) is 0 Å². The predicted octanol–water partition coefficient (Wildman–Crippen LogP) is 1.76. The van der Waals surface area contributed by atoms with Crippen LogP contribution >= 0.6 is 11.3 Å². The topological polar surface area (TPSA) is 73.5 Å². The summed E-state index contributed by atoms with van der Waals surface area (Å²) in [5, 5.41) is 0.644. The number of hydrogen-bond acceptors (Lipinski definition) is 6. The average molecular weight is 406 g/mol. The lowest BCUT2D eigenvalue weighted by atomic mass is 9.97. The first-order valence-corrected chi connectivity index (χ1v) is 11.1. The van der Waals surface area contributed by atoms with Crippen LogP contribution in [0.3, 0.4) is 0 Å². The van der Waals surface area contributed by atoms with Crippen LogP contribution in [-0.2, 0) is 35.5 Å². The Morgan fingerprint density at radius 2 is 1.79 bits per heavy atom. The number of aromatic nitrogens is 2. The fourth-order valence-corrected chi connectivity index (χ4v) is 5.74. The monoisotopic (exact) mass is 405 g/mol. The summed E-state index contributed by atoms with van der Waals surface area (Å²) in [6.45, 7) is 5.06. The number of nitrogens with zero attached hydrogens (tertiary/aromatic N) is 3. The van der Waals surface area contributed by atoms with Crippen molar-refractivity contribution in [3.63, 3.8) is 0 Å². The second-order valence-corrected chi connectivity index (χ2v) is 8.65. The highest BCUT2D eigenvalue weighted by atomic mass is 32.1. The number of thiophene rings is 1. The molecule has 0 saturated carbocycles. The molecule has 2 aromatic heterocycles. The Kier molecular flexibility index (Phi) is 5.68. The van der Waals surface area contributed by atoms with Gasteiger partial charge in [-0.25, -0.2) is 9.36 Å². The first-order chi connectivity index (χ1) is 13.6. The number of fused-ring (bicyclic) bond motifs is 3. The fourth-order valence-electron chi connectivity index (χ4n) is 4.34. The van der Waals surface area contributed by atoms with E-state index in [-0.39, 0.29) is 18.7 Å². The average Bonchev–Trinajstić information content (AvgIpc) is 3.33. The molecule has 152 valence electrons. The second-order valence-electron chi connectivity index (χ2n) is 7.57.